The molecule has 1 unspecified atom stereocenters. The van der Waals surface area contributed by atoms with Gasteiger partial charge in [0.05, 0.1) is 0 Å². The van der Waals surface area contributed by atoms with E-state index in [0.29, 0.717) is 6.61 Å². The predicted octanol–water partition coefficient (Wildman–Crippen LogP) is 1.31. The summed E-state index contributed by atoms with van der Waals surface area (Å²) < 4.78 is 0. The highest BCUT2D eigenvalue weighted by molar-refractivity contribution is 4.95. The number of hydrogen-bond donors (Lipinski definition) is 2. The van der Waals surface area contributed by atoms with E-state index in [0.717, 1.165) is 25.4 Å². The molecule has 0 radical (unpaired) electrons. The molecule has 1 aliphatic rings. The van der Waals surface area contributed by atoms with Crippen molar-refractivity contribution < 1.29 is 5.11 Å². The van der Waals surface area contributed by atoms with E-state index in [1.807, 2.05) is 0 Å². The first kappa shape index (κ1) is 9.75. The van der Waals surface area contributed by atoms with Crippen LogP contribution in [0.3, 0.4) is 0 Å². The zero-order valence-electron chi connectivity index (χ0n) is 7.63. The lowest BCUT2D eigenvalue weighted by Crippen LogP contribution is -2.19. The van der Waals surface area contributed by atoms with Gasteiger partial charge in [0.1, 0.15) is 0 Å². The molecule has 0 saturated carbocycles. The topological polar surface area (TPSA) is 32.3 Å². The van der Waals surface area contributed by atoms with Crippen LogP contribution >= 0.6 is 0 Å². The van der Waals surface area contributed by atoms with Crippen LogP contribution in [0.1, 0.15) is 25.7 Å². The highest BCUT2D eigenvalue weighted by atomic mass is 16.3. The fourth-order valence-corrected chi connectivity index (χ4v) is 1.55. The normalized spacial score (nSPS) is 21.9. The molecule has 2 nitrogen and oxygen atoms in total. The Morgan fingerprint density at radius 1 is 1.42 bits per heavy atom. The summed E-state index contributed by atoms with van der Waals surface area (Å²) in [5.41, 5.74) is 0. The number of aliphatic hydroxyl groups excluding tert-OH is 1. The van der Waals surface area contributed by atoms with Gasteiger partial charge in [0.25, 0.3) is 0 Å². The number of allylic oxidation sites excluding steroid dienone is 2. The van der Waals surface area contributed by atoms with Crippen LogP contribution in [0.4, 0.5) is 0 Å². The van der Waals surface area contributed by atoms with E-state index in [4.69, 9.17) is 5.11 Å². The zero-order chi connectivity index (χ0) is 8.65. The molecule has 0 aliphatic heterocycles. The molecular weight excluding hydrogens is 150 g/mol. The summed E-state index contributed by atoms with van der Waals surface area (Å²) in [4.78, 5) is 0. The van der Waals surface area contributed by atoms with Crippen molar-refractivity contribution in [3.63, 3.8) is 0 Å². The molecule has 1 rings (SSSR count). The molecule has 0 amide bonds. The van der Waals surface area contributed by atoms with Gasteiger partial charge in [0.15, 0.2) is 0 Å². The largest absolute Gasteiger partial charge is 0.396 e. The molecule has 0 heterocycles. The van der Waals surface area contributed by atoms with Crippen molar-refractivity contribution in [3.8, 4) is 0 Å². The van der Waals surface area contributed by atoms with Crippen molar-refractivity contribution >= 4 is 0 Å². The molecular formula is C10H19NO. The van der Waals surface area contributed by atoms with Gasteiger partial charge in [-0.2, -0.15) is 0 Å². The molecule has 1 aliphatic carbocycles. The average Bonchev–Trinajstić information content (AvgIpc) is 2.57. The maximum atomic E-state index is 8.53. The van der Waals surface area contributed by atoms with Crippen molar-refractivity contribution in [1.29, 1.82) is 0 Å². The molecule has 2 N–H and O–H groups in total. The van der Waals surface area contributed by atoms with Crippen molar-refractivity contribution in [2.75, 3.05) is 19.7 Å². The van der Waals surface area contributed by atoms with Gasteiger partial charge in [-0.1, -0.05) is 12.2 Å². The zero-order valence-corrected chi connectivity index (χ0v) is 7.63. The second-order valence-electron chi connectivity index (χ2n) is 3.38. The summed E-state index contributed by atoms with van der Waals surface area (Å²) in [6.07, 6.45) is 9.33. The SMILES string of the molecule is OCCCNCCC1C=CCC1. The Morgan fingerprint density at radius 3 is 3.00 bits per heavy atom. The van der Waals surface area contributed by atoms with Crippen molar-refractivity contribution in [1.82, 2.24) is 5.32 Å². The summed E-state index contributed by atoms with van der Waals surface area (Å²) in [7, 11) is 0. The Labute approximate surface area is 74.7 Å². The number of nitrogens with one attached hydrogen (secondary N) is 1. The van der Waals surface area contributed by atoms with Crippen LogP contribution in [0.2, 0.25) is 0 Å². The highest BCUT2D eigenvalue weighted by Crippen LogP contribution is 2.19. The summed E-state index contributed by atoms with van der Waals surface area (Å²) in [5.74, 6) is 0.812. The van der Waals surface area contributed by atoms with Crippen LogP contribution in [0, 0.1) is 5.92 Å². The van der Waals surface area contributed by atoms with Gasteiger partial charge >= 0.3 is 0 Å². The molecule has 12 heavy (non-hydrogen) atoms. The highest BCUT2D eigenvalue weighted by Gasteiger charge is 2.07. The van der Waals surface area contributed by atoms with Gasteiger partial charge in [0, 0.05) is 6.61 Å². The standard InChI is InChI=1S/C10H19NO/c12-9-3-7-11-8-6-10-4-1-2-5-10/h1,4,10-12H,2-3,5-9H2. The van der Waals surface area contributed by atoms with Gasteiger partial charge in [-0.25, -0.2) is 0 Å². The first-order valence-electron chi connectivity index (χ1n) is 4.91. The quantitative estimate of drug-likeness (QED) is 0.464. The molecule has 70 valence electrons. The van der Waals surface area contributed by atoms with Crippen LogP contribution < -0.4 is 5.32 Å². The molecule has 0 aromatic carbocycles. The van der Waals surface area contributed by atoms with Gasteiger partial charge < -0.3 is 10.4 Å². The maximum absolute atomic E-state index is 8.53. The Hall–Kier alpha value is -0.340. The molecule has 0 aromatic rings. The van der Waals surface area contributed by atoms with Crippen molar-refractivity contribution in [3.05, 3.63) is 12.2 Å². The molecule has 1 atom stereocenters. The summed E-state index contributed by atoms with van der Waals surface area (Å²) in [6.45, 7) is 2.35. The van der Waals surface area contributed by atoms with Crippen LogP contribution in [0.25, 0.3) is 0 Å². The Balaban J connectivity index is 1.85. The van der Waals surface area contributed by atoms with E-state index in [-0.39, 0.29) is 0 Å². The molecule has 0 spiro atoms. The molecule has 2 heteroatoms. The van der Waals surface area contributed by atoms with Gasteiger partial charge in [-0.15, -0.1) is 0 Å². The second-order valence-corrected chi connectivity index (χ2v) is 3.38. The van der Waals surface area contributed by atoms with E-state index in [2.05, 4.69) is 17.5 Å². The third-order valence-corrected chi connectivity index (χ3v) is 2.32. The summed E-state index contributed by atoms with van der Waals surface area (Å²) >= 11 is 0. The maximum Gasteiger partial charge on any atom is 0.0443 e. The molecule has 0 aromatic heterocycles. The lowest BCUT2D eigenvalue weighted by molar-refractivity contribution is 0.285. The third kappa shape index (κ3) is 3.88. The molecule has 0 saturated heterocycles. The van der Waals surface area contributed by atoms with Crippen molar-refractivity contribution in [2.45, 2.75) is 25.7 Å². The fraction of sp³-hybridized carbons (Fsp3) is 0.800. The minimum absolute atomic E-state index is 0.302. The van der Waals surface area contributed by atoms with E-state index in [9.17, 15) is 0 Å². The minimum Gasteiger partial charge on any atom is -0.396 e. The third-order valence-electron chi connectivity index (χ3n) is 2.32. The monoisotopic (exact) mass is 169 g/mol. The minimum atomic E-state index is 0.302. The Bertz CT molecular complexity index is 134. The predicted molar refractivity (Wildman–Crippen MR) is 51.1 cm³/mol. The van der Waals surface area contributed by atoms with E-state index in [1.54, 1.807) is 0 Å². The number of aliphatic hydroxyl groups is 1. The smallest absolute Gasteiger partial charge is 0.0443 e. The molecule has 0 bridgehead atoms. The lowest BCUT2D eigenvalue weighted by Gasteiger charge is -2.07. The van der Waals surface area contributed by atoms with Gasteiger partial charge in [0.2, 0.25) is 0 Å². The summed E-state index contributed by atoms with van der Waals surface area (Å²) in [5, 5.41) is 11.8. The first-order valence-corrected chi connectivity index (χ1v) is 4.91. The Morgan fingerprint density at radius 2 is 2.33 bits per heavy atom. The summed E-state index contributed by atoms with van der Waals surface area (Å²) in [6, 6.07) is 0. The van der Waals surface area contributed by atoms with E-state index >= 15 is 0 Å². The number of rotatable bonds is 6. The molecule has 0 fully saturated rings. The average molecular weight is 169 g/mol. The van der Waals surface area contributed by atoms with Crippen LogP contribution in [-0.2, 0) is 0 Å². The fourth-order valence-electron chi connectivity index (χ4n) is 1.55. The van der Waals surface area contributed by atoms with Crippen LogP contribution in [0.15, 0.2) is 12.2 Å². The van der Waals surface area contributed by atoms with Gasteiger partial charge in [-0.05, 0) is 44.7 Å². The van der Waals surface area contributed by atoms with Gasteiger partial charge in [-0.3, -0.25) is 0 Å². The van der Waals surface area contributed by atoms with E-state index in [1.165, 1.54) is 19.3 Å². The second kappa shape index (κ2) is 6.21. The van der Waals surface area contributed by atoms with Crippen LogP contribution in [-0.4, -0.2) is 24.8 Å². The first-order chi connectivity index (χ1) is 5.93. The van der Waals surface area contributed by atoms with Crippen molar-refractivity contribution in [2.24, 2.45) is 5.92 Å². The lowest BCUT2D eigenvalue weighted by atomic mass is 10.1. The van der Waals surface area contributed by atoms with Crippen LogP contribution in [0.5, 0.6) is 0 Å². The number of hydrogen-bond acceptors (Lipinski definition) is 2. The Kier molecular flexibility index (Phi) is 5.04. The van der Waals surface area contributed by atoms with E-state index < -0.39 is 0 Å².